The summed E-state index contributed by atoms with van der Waals surface area (Å²) in [6.45, 7) is 3.94. The lowest BCUT2D eigenvalue weighted by Gasteiger charge is -2.41. The topological polar surface area (TPSA) is 140 Å². The second-order valence-corrected chi connectivity index (χ2v) is 11.0. The molecule has 36 heavy (non-hydrogen) atoms. The summed E-state index contributed by atoms with van der Waals surface area (Å²) in [5, 5.41) is 20.0. The number of nitrogens with two attached hydrogens (primary N) is 1. The Morgan fingerprint density at radius 1 is 1.28 bits per heavy atom. The largest absolute Gasteiger partial charge is 0.394 e. The molecule has 0 saturated carbocycles. The summed E-state index contributed by atoms with van der Waals surface area (Å²) in [5.74, 6) is 0.814. The third-order valence-corrected chi connectivity index (χ3v) is 8.76. The molecule has 0 radical (unpaired) electrons. The van der Waals surface area contributed by atoms with Crippen LogP contribution < -0.4 is 16.2 Å². The second-order valence-electron chi connectivity index (χ2n) is 9.52. The van der Waals surface area contributed by atoms with E-state index in [4.69, 9.17) is 27.2 Å². The average Bonchev–Trinajstić information content (AvgIpc) is 3.16. The molecular formula is C24H29ClN6O4S. The van der Waals surface area contributed by atoms with Gasteiger partial charge in [-0.2, -0.15) is 0 Å². The van der Waals surface area contributed by atoms with E-state index in [0.29, 0.717) is 15.4 Å². The van der Waals surface area contributed by atoms with Crippen molar-refractivity contribution < 1.29 is 14.9 Å². The Kier molecular flexibility index (Phi) is 7.21. The number of nitrogens with zero attached hydrogens (tertiary/aromatic N) is 5. The van der Waals surface area contributed by atoms with Crippen molar-refractivity contribution in [1.29, 1.82) is 0 Å². The highest BCUT2D eigenvalue weighted by Gasteiger charge is 2.47. The predicted molar refractivity (Wildman–Crippen MR) is 138 cm³/mol. The van der Waals surface area contributed by atoms with Gasteiger partial charge in [-0.05, 0) is 31.9 Å². The predicted octanol–water partition coefficient (Wildman–Crippen LogP) is 1.68. The van der Waals surface area contributed by atoms with Crippen LogP contribution in [-0.2, 0) is 11.3 Å². The maximum absolute atomic E-state index is 12.9. The summed E-state index contributed by atoms with van der Waals surface area (Å²) in [5.41, 5.74) is 6.55. The van der Waals surface area contributed by atoms with Crippen LogP contribution in [0.4, 0.5) is 5.82 Å². The zero-order chi connectivity index (χ0) is 25.4. The van der Waals surface area contributed by atoms with Crippen LogP contribution in [0, 0.1) is 5.41 Å². The fraction of sp³-hybridized carbons (Fsp3) is 0.500. The maximum atomic E-state index is 12.9. The summed E-state index contributed by atoms with van der Waals surface area (Å²) in [7, 11) is 0. The van der Waals surface area contributed by atoms with E-state index in [1.807, 2.05) is 6.92 Å². The molecule has 10 nitrogen and oxygen atoms in total. The van der Waals surface area contributed by atoms with Crippen molar-refractivity contribution in [2.75, 3.05) is 31.2 Å². The van der Waals surface area contributed by atoms with Crippen molar-refractivity contribution in [1.82, 2.24) is 19.5 Å². The Bertz CT molecular complexity index is 1300. The van der Waals surface area contributed by atoms with Crippen LogP contribution in [-0.4, -0.2) is 74.3 Å². The summed E-state index contributed by atoms with van der Waals surface area (Å²) in [6, 6.07) is 3.58. The normalized spacial score (nSPS) is 22.4. The molecule has 2 aliphatic heterocycles. The Morgan fingerprint density at radius 3 is 2.69 bits per heavy atom. The molecule has 3 aromatic rings. The van der Waals surface area contributed by atoms with Crippen molar-refractivity contribution in [2.45, 2.75) is 54.5 Å². The lowest BCUT2D eigenvalue weighted by Crippen LogP contribution is -2.50. The van der Waals surface area contributed by atoms with Crippen LogP contribution in [0.1, 0.15) is 19.8 Å². The van der Waals surface area contributed by atoms with Gasteiger partial charge in [-0.3, -0.25) is 9.36 Å². The zero-order valence-corrected chi connectivity index (χ0v) is 21.5. The van der Waals surface area contributed by atoms with Gasteiger partial charge in [0.1, 0.15) is 10.8 Å². The minimum atomic E-state index is -1.07. The average molecular weight is 533 g/mol. The number of hydrogen-bond acceptors (Lipinski definition) is 10. The van der Waals surface area contributed by atoms with Gasteiger partial charge in [0.2, 0.25) is 0 Å². The first-order valence-corrected chi connectivity index (χ1v) is 13.1. The molecule has 0 bridgehead atoms. The zero-order valence-electron chi connectivity index (χ0n) is 19.9. The number of piperidine rings is 1. The van der Waals surface area contributed by atoms with E-state index in [9.17, 15) is 9.90 Å². The number of aliphatic hydroxyl groups excluding tert-OH is 2. The summed E-state index contributed by atoms with van der Waals surface area (Å²) < 4.78 is 7.06. The van der Waals surface area contributed by atoms with E-state index in [2.05, 4.69) is 19.9 Å². The van der Waals surface area contributed by atoms with Gasteiger partial charge < -0.3 is 25.6 Å². The highest BCUT2D eigenvalue weighted by Crippen LogP contribution is 2.42. The van der Waals surface area contributed by atoms with Gasteiger partial charge in [0.15, 0.2) is 0 Å². The van der Waals surface area contributed by atoms with Crippen LogP contribution in [0.2, 0.25) is 5.02 Å². The fourth-order valence-corrected chi connectivity index (χ4v) is 6.09. The molecule has 0 aliphatic carbocycles. The third-order valence-electron chi connectivity index (χ3n) is 7.27. The van der Waals surface area contributed by atoms with E-state index in [1.54, 1.807) is 24.5 Å². The standard InChI is InChI=1S/C24H29ClN6O4S/c1-14-22(26)24(12-35-14)4-6-30(7-5-24)18-8-28-19(9-27-18)36-17-3-2-16-20(21(17)25)23(34)31(13-29-16)10-15(33)11-32/h2-3,8-9,13-15,22,32-33H,4-7,10-12,26H2,1H3/t14-,15?,22+/m0/s1. The first kappa shape index (κ1) is 25.4. The van der Waals surface area contributed by atoms with Crippen LogP contribution >= 0.6 is 23.4 Å². The molecule has 0 amide bonds. The van der Waals surface area contributed by atoms with Crippen molar-refractivity contribution in [2.24, 2.45) is 11.1 Å². The summed E-state index contributed by atoms with van der Waals surface area (Å²) >= 11 is 7.92. The van der Waals surface area contributed by atoms with Gasteiger partial charge in [-0.1, -0.05) is 23.4 Å². The van der Waals surface area contributed by atoms with Crippen molar-refractivity contribution in [3.63, 3.8) is 0 Å². The Hall–Kier alpha value is -2.28. The highest BCUT2D eigenvalue weighted by atomic mass is 35.5. The minimum absolute atomic E-state index is 0.0512. The molecule has 192 valence electrons. The van der Waals surface area contributed by atoms with E-state index in [-0.39, 0.29) is 40.1 Å². The Labute approximate surface area is 217 Å². The number of halogens is 1. The second kappa shape index (κ2) is 10.2. The maximum Gasteiger partial charge on any atom is 0.262 e. The molecule has 3 atom stereocenters. The molecule has 1 spiro atoms. The first-order valence-electron chi connectivity index (χ1n) is 11.9. The molecule has 5 rings (SSSR count). The minimum Gasteiger partial charge on any atom is -0.394 e. The molecule has 2 aromatic heterocycles. The molecule has 12 heteroatoms. The van der Waals surface area contributed by atoms with E-state index in [1.165, 1.54) is 22.7 Å². The van der Waals surface area contributed by atoms with Gasteiger partial charge >= 0.3 is 0 Å². The van der Waals surface area contributed by atoms with Gasteiger partial charge in [0.25, 0.3) is 5.56 Å². The van der Waals surface area contributed by atoms with Crippen LogP contribution in [0.5, 0.6) is 0 Å². The fourth-order valence-electron chi connectivity index (χ4n) is 4.97. The SMILES string of the molecule is C[C@@H]1OCC2(CCN(c3cnc(Sc4ccc5ncn(CC(O)CO)c(=O)c5c4Cl)cn3)CC2)[C@@H]1N. The Balaban J connectivity index is 1.30. The van der Waals surface area contributed by atoms with Gasteiger partial charge in [0, 0.05) is 29.4 Å². The van der Waals surface area contributed by atoms with Crippen molar-refractivity contribution >= 4 is 40.1 Å². The lowest BCUT2D eigenvalue weighted by molar-refractivity contribution is 0.0802. The lowest BCUT2D eigenvalue weighted by atomic mass is 9.73. The number of rotatable bonds is 6. The first-order chi connectivity index (χ1) is 17.3. The number of ether oxygens (including phenoxy) is 1. The van der Waals surface area contributed by atoms with Gasteiger partial charge in [-0.25, -0.2) is 15.0 Å². The summed E-state index contributed by atoms with van der Waals surface area (Å²) in [4.78, 5) is 29.3. The van der Waals surface area contributed by atoms with Crippen LogP contribution in [0.25, 0.3) is 10.9 Å². The van der Waals surface area contributed by atoms with Gasteiger partial charge in [0.05, 0.1) is 66.6 Å². The van der Waals surface area contributed by atoms with E-state index in [0.717, 1.165) is 38.4 Å². The number of aromatic nitrogens is 4. The molecular weight excluding hydrogens is 504 g/mol. The van der Waals surface area contributed by atoms with E-state index >= 15 is 0 Å². The number of hydrogen-bond donors (Lipinski definition) is 3. The number of aliphatic hydroxyl groups is 2. The molecule has 2 fully saturated rings. The number of anilines is 1. The van der Waals surface area contributed by atoms with Crippen LogP contribution in [0.15, 0.2) is 45.6 Å². The molecule has 2 saturated heterocycles. The third kappa shape index (κ3) is 4.71. The van der Waals surface area contributed by atoms with Crippen LogP contribution in [0.3, 0.4) is 0 Å². The smallest absolute Gasteiger partial charge is 0.262 e. The number of benzene rings is 1. The quantitative estimate of drug-likeness (QED) is 0.429. The highest BCUT2D eigenvalue weighted by molar-refractivity contribution is 7.99. The summed E-state index contributed by atoms with van der Waals surface area (Å²) in [6.07, 6.45) is 5.76. The molecule has 4 N–H and O–H groups in total. The number of fused-ring (bicyclic) bond motifs is 1. The molecule has 2 aliphatic rings. The van der Waals surface area contributed by atoms with E-state index < -0.39 is 12.7 Å². The molecule has 1 unspecified atom stereocenters. The van der Waals surface area contributed by atoms with Crippen molar-refractivity contribution in [3.05, 3.63) is 46.2 Å². The monoisotopic (exact) mass is 532 g/mol. The van der Waals surface area contributed by atoms with Gasteiger partial charge in [-0.15, -0.1) is 0 Å². The Morgan fingerprint density at radius 2 is 2.06 bits per heavy atom. The van der Waals surface area contributed by atoms with Crippen molar-refractivity contribution in [3.8, 4) is 0 Å². The molecule has 1 aromatic carbocycles. The molecule has 4 heterocycles.